The third-order valence-electron chi connectivity index (χ3n) is 2.41. The minimum absolute atomic E-state index is 0.466. The minimum atomic E-state index is -1.07. The molecule has 20 heavy (non-hydrogen) atoms. The third-order valence-corrected chi connectivity index (χ3v) is 2.41. The molecule has 6 nitrogen and oxygen atoms in total. The van der Waals surface area contributed by atoms with Crippen LogP contribution >= 0.6 is 0 Å². The highest BCUT2D eigenvalue weighted by Crippen LogP contribution is 2.27. The Balaban J connectivity index is 2.63. The van der Waals surface area contributed by atoms with Gasteiger partial charge in [-0.25, -0.2) is 4.79 Å². The van der Waals surface area contributed by atoms with Gasteiger partial charge in [-0.1, -0.05) is 18.5 Å². The maximum Gasteiger partial charge on any atom is 0.344 e. The van der Waals surface area contributed by atoms with E-state index in [1.807, 2.05) is 0 Å². The summed E-state index contributed by atoms with van der Waals surface area (Å²) in [5, 5.41) is 12.0. The van der Waals surface area contributed by atoms with Gasteiger partial charge >= 0.3 is 5.97 Å². The van der Waals surface area contributed by atoms with Crippen LogP contribution in [0.2, 0.25) is 0 Å². The van der Waals surface area contributed by atoms with E-state index >= 15 is 0 Å². The summed E-state index contributed by atoms with van der Waals surface area (Å²) in [6.07, 6.45) is 3.46. The van der Waals surface area contributed by atoms with Crippen molar-refractivity contribution in [3.63, 3.8) is 0 Å². The molecule has 0 radical (unpaired) electrons. The van der Waals surface area contributed by atoms with Crippen LogP contribution in [0.3, 0.4) is 0 Å². The molecule has 0 saturated heterocycles. The molecule has 0 saturated carbocycles. The van der Waals surface area contributed by atoms with Crippen molar-refractivity contribution in [2.75, 3.05) is 20.3 Å². The molecule has 0 aromatic heterocycles. The second kappa shape index (κ2) is 8.79. The van der Waals surface area contributed by atoms with Gasteiger partial charge in [-0.2, -0.15) is 0 Å². The number of unbranched alkanes of at least 4 members (excludes halogenated alkanes) is 1. The molecule has 0 heterocycles. The number of ether oxygens (including phenoxy) is 2. The Morgan fingerprint density at radius 1 is 1.40 bits per heavy atom. The SMILES string of the molecule is CCCCOc1ccc(/C=N/OCC(=O)O)cc1OC. The Bertz CT molecular complexity index is 459. The molecule has 0 bridgehead atoms. The van der Waals surface area contributed by atoms with Gasteiger partial charge in [-0.05, 0) is 24.6 Å². The van der Waals surface area contributed by atoms with Gasteiger partial charge in [0, 0.05) is 5.56 Å². The summed E-state index contributed by atoms with van der Waals surface area (Å²) < 4.78 is 10.8. The summed E-state index contributed by atoms with van der Waals surface area (Å²) in [5.41, 5.74) is 0.732. The van der Waals surface area contributed by atoms with Crippen molar-refractivity contribution in [1.82, 2.24) is 0 Å². The number of rotatable bonds is 9. The zero-order valence-corrected chi connectivity index (χ0v) is 11.7. The number of methoxy groups -OCH3 is 1. The molecular weight excluding hydrogens is 262 g/mol. The fourth-order valence-corrected chi connectivity index (χ4v) is 1.40. The average molecular weight is 281 g/mol. The lowest BCUT2D eigenvalue weighted by Crippen LogP contribution is -2.03. The smallest absolute Gasteiger partial charge is 0.344 e. The molecule has 1 aromatic rings. The van der Waals surface area contributed by atoms with Crippen LogP contribution in [0.5, 0.6) is 11.5 Å². The van der Waals surface area contributed by atoms with Gasteiger partial charge in [0.15, 0.2) is 11.5 Å². The summed E-state index contributed by atoms with van der Waals surface area (Å²) in [4.78, 5) is 14.8. The van der Waals surface area contributed by atoms with Crippen molar-refractivity contribution in [1.29, 1.82) is 0 Å². The Hall–Kier alpha value is -2.24. The van der Waals surface area contributed by atoms with E-state index in [9.17, 15) is 4.79 Å². The average Bonchev–Trinajstić information content (AvgIpc) is 2.44. The fraction of sp³-hybridized carbons (Fsp3) is 0.429. The van der Waals surface area contributed by atoms with Crippen LogP contribution in [-0.4, -0.2) is 37.6 Å². The molecule has 110 valence electrons. The number of carbonyl (C=O) groups is 1. The summed E-state index contributed by atoms with van der Waals surface area (Å²) in [6.45, 7) is 2.27. The predicted octanol–water partition coefficient (Wildman–Crippen LogP) is 2.31. The van der Waals surface area contributed by atoms with Crippen molar-refractivity contribution in [3.8, 4) is 11.5 Å². The summed E-state index contributed by atoms with van der Waals surface area (Å²) in [6, 6.07) is 5.32. The molecule has 0 spiro atoms. The number of carboxylic acid groups (broad SMARTS) is 1. The van der Waals surface area contributed by atoms with Crippen molar-refractivity contribution in [3.05, 3.63) is 23.8 Å². The van der Waals surface area contributed by atoms with Gasteiger partial charge in [0.25, 0.3) is 0 Å². The van der Waals surface area contributed by atoms with Gasteiger partial charge in [0.05, 0.1) is 19.9 Å². The lowest BCUT2D eigenvalue weighted by atomic mass is 10.2. The zero-order chi connectivity index (χ0) is 14.8. The molecule has 0 unspecified atom stereocenters. The van der Waals surface area contributed by atoms with E-state index < -0.39 is 12.6 Å². The molecule has 0 fully saturated rings. The Kier molecular flexibility index (Phi) is 6.95. The monoisotopic (exact) mass is 281 g/mol. The molecule has 6 heteroatoms. The first kappa shape index (κ1) is 15.8. The van der Waals surface area contributed by atoms with E-state index in [-0.39, 0.29) is 0 Å². The summed E-state index contributed by atoms with van der Waals surface area (Å²) >= 11 is 0. The quantitative estimate of drug-likeness (QED) is 0.427. The van der Waals surface area contributed by atoms with Gasteiger partial charge < -0.3 is 19.4 Å². The fourth-order valence-electron chi connectivity index (χ4n) is 1.40. The molecule has 1 N–H and O–H groups in total. The predicted molar refractivity (Wildman–Crippen MR) is 74.6 cm³/mol. The van der Waals surface area contributed by atoms with Crippen LogP contribution in [0.4, 0.5) is 0 Å². The molecule has 0 aliphatic heterocycles. The highest BCUT2D eigenvalue weighted by atomic mass is 16.6. The molecular formula is C14H19NO5. The molecule has 1 aromatic carbocycles. The third kappa shape index (κ3) is 5.60. The normalized spacial score (nSPS) is 10.5. The molecule has 0 aliphatic rings. The summed E-state index contributed by atoms with van der Waals surface area (Å²) in [7, 11) is 1.56. The second-order valence-electron chi connectivity index (χ2n) is 4.01. The summed E-state index contributed by atoms with van der Waals surface area (Å²) in [5.74, 6) is 0.201. The molecule has 0 atom stereocenters. The Morgan fingerprint density at radius 2 is 2.20 bits per heavy atom. The van der Waals surface area contributed by atoms with E-state index in [1.54, 1.807) is 25.3 Å². The van der Waals surface area contributed by atoms with Crippen LogP contribution in [0.15, 0.2) is 23.4 Å². The zero-order valence-electron chi connectivity index (χ0n) is 11.7. The van der Waals surface area contributed by atoms with Crippen molar-refractivity contribution in [2.24, 2.45) is 5.16 Å². The van der Waals surface area contributed by atoms with E-state index in [0.29, 0.717) is 18.1 Å². The van der Waals surface area contributed by atoms with E-state index in [4.69, 9.17) is 14.6 Å². The van der Waals surface area contributed by atoms with Crippen LogP contribution < -0.4 is 9.47 Å². The van der Waals surface area contributed by atoms with E-state index in [0.717, 1.165) is 18.4 Å². The van der Waals surface area contributed by atoms with Crippen LogP contribution in [-0.2, 0) is 9.63 Å². The number of nitrogens with zero attached hydrogens (tertiary/aromatic N) is 1. The lowest BCUT2D eigenvalue weighted by molar-refractivity contribution is -0.142. The van der Waals surface area contributed by atoms with Crippen molar-refractivity contribution in [2.45, 2.75) is 19.8 Å². The van der Waals surface area contributed by atoms with Crippen LogP contribution in [0, 0.1) is 0 Å². The van der Waals surface area contributed by atoms with Crippen LogP contribution in [0.1, 0.15) is 25.3 Å². The maximum atomic E-state index is 10.2. The van der Waals surface area contributed by atoms with E-state index in [1.165, 1.54) is 6.21 Å². The highest BCUT2D eigenvalue weighted by Gasteiger charge is 2.05. The van der Waals surface area contributed by atoms with Crippen molar-refractivity contribution >= 4 is 12.2 Å². The number of aliphatic carboxylic acids is 1. The van der Waals surface area contributed by atoms with Crippen LogP contribution in [0.25, 0.3) is 0 Å². The standard InChI is InChI=1S/C14H19NO5/c1-3-4-7-19-12-6-5-11(8-13(12)18-2)9-15-20-10-14(16)17/h5-6,8-9H,3-4,7,10H2,1-2H3,(H,16,17)/b15-9+. The number of hydrogen-bond donors (Lipinski definition) is 1. The highest BCUT2D eigenvalue weighted by molar-refractivity contribution is 5.80. The molecule has 0 amide bonds. The van der Waals surface area contributed by atoms with E-state index in [2.05, 4.69) is 16.9 Å². The number of hydrogen-bond acceptors (Lipinski definition) is 5. The first-order valence-corrected chi connectivity index (χ1v) is 6.35. The maximum absolute atomic E-state index is 10.2. The minimum Gasteiger partial charge on any atom is -0.493 e. The number of carboxylic acids is 1. The number of oxime groups is 1. The Morgan fingerprint density at radius 3 is 2.85 bits per heavy atom. The van der Waals surface area contributed by atoms with Gasteiger partial charge in [-0.3, -0.25) is 0 Å². The Labute approximate surface area is 117 Å². The topological polar surface area (TPSA) is 77.4 Å². The number of benzene rings is 1. The lowest BCUT2D eigenvalue weighted by Gasteiger charge is -2.10. The van der Waals surface area contributed by atoms with Gasteiger partial charge in [0.1, 0.15) is 0 Å². The van der Waals surface area contributed by atoms with Gasteiger partial charge in [-0.15, -0.1) is 0 Å². The molecule has 1 rings (SSSR count). The largest absolute Gasteiger partial charge is 0.493 e. The molecule has 0 aliphatic carbocycles. The second-order valence-corrected chi connectivity index (χ2v) is 4.01. The van der Waals surface area contributed by atoms with Gasteiger partial charge in [0.2, 0.25) is 6.61 Å². The first-order valence-electron chi connectivity index (χ1n) is 6.35. The van der Waals surface area contributed by atoms with Crippen molar-refractivity contribution < 1.29 is 24.2 Å². The first-order chi connectivity index (χ1) is 9.67.